The Morgan fingerprint density at radius 2 is 2.00 bits per heavy atom. The summed E-state index contributed by atoms with van der Waals surface area (Å²) in [4.78, 5) is 32.1. The van der Waals surface area contributed by atoms with Gasteiger partial charge < -0.3 is 14.8 Å². The number of hydrogen-bond acceptors (Lipinski definition) is 4. The number of carbonyl (C=O) groups excluding carboxylic acids is 1. The van der Waals surface area contributed by atoms with Crippen molar-refractivity contribution in [3.8, 4) is 0 Å². The molecule has 6 heteroatoms. The minimum Gasteiger partial charge on any atom is -0.349 e. The monoisotopic (exact) mass is 370 g/mol. The zero-order valence-corrected chi connectivity index (χ0v) is 16.1. The molecule has 1 aromatic rings. The standard InChI is InChI=1S/C21H30N4O2/c26-19(22-16-4-2-1-3-5-16)17-12-25-14-21(10-18(25)23-20(17)27)8-9-24(13-21)11-15-6-7-15/h12,15-16H,1-11,13-14H2,(H,22,26)/t21-/m0/s1. The van der Waals surface area contributed by atoms with E-state index in [-0.39, 0.29) is 28.5 Å². The van der Waals surface area contributed by atoms with Gasteiger partial charge in [-0.25, -0.2) is 0 Å². The maximum absolute atomic E-state index is 12.7. The molecule has 0 unspecified atom stereocenters. The molecule has 1 amide bonds. The Bertz CT molecular complexity index is 794. The third-order valence-electron chi connectivity index (χ3n) is 7.03. The summed E-state index contributed by atoms with van der Waals surface area (Å²) in [6.45, 7) is 4.38. The molecule has 0 bridgehead atoms. The largest absolute Gasteiger partial charge is 0.349 e. The van der Waals surface area contributed by atoms with Crippen LogP contribution in [0.4, 0.5) is 0 Å². The van der Waals surface area contributed by atoms with Crippen LogP contribution >= 0.6 is 0 Å². The van der Waals surface area contributed by atoms with Crippen LogP contribution in [0.1, 0.15) is 67.5 Å². The third kappa shape index (κ3) is 3.56. The Balaban J connectivity index is 1.29. The first-order valence-corrected chi connectivity index (χ1v) is 10.7. The van der Waals surface area contributed by atoms with Crippen molar-refractivity contribution >= 4 is 5.91 Å². The van der Waals surface area contributed by atoms with Crippen molar-refractivity contribution < 1.29 is 4.79 Å². The van der Waals surface area contributed by atoms with Crippen LogP contribution in [0.5, 0.6) is 0 Å². The van der Waals surface area contributed by atoms with Gasteiger partial charge in [0.2, 0.25) is 0 Å². The van der Waals surface area contributed by atoms with Crippen LogP contribution in [0.15, 0.2) is 11.0 Å². The van der Waals surface area contributed by atoms with E-state index in [4.69, 9.17) is 0 Å². The summed E-state index contributed by atoms with van der Waals surface area (Å²) in [7, 11) is 0. The van der Waals surface area contributed by atoms with Crippen LogP contribution in [0, 0.1) is 11.3 Å². The maximum atomic E-state index is 12.7. The maximum Gasteiger partial charge on any atom is 0.285 e. The van der Waals surface area contributed by atoms with Gasteiger partial charge in [-0.1, -0.05) is 19.3 Å². The summed E-state index contributed by atoms with van der Waals surface area (Å²) in [5.74, 6) is 1.54. The van der Waals surface area contributed by atoms with Crippen LogP contribution in [-0.4, -0.2) is 46.0 Å². The van der Waals surface area contributed by atoms with Crippen LogP contribution in [0.2, 0.25) is 0 Å². The number of fused-ring (bicyclic) bond motifs is 1. The Hall–Kier alpha value is -1.69. The van der Waals surface area contributed by atoms with Gasteiger partial charge in [0.25, 0.3) is 11.5 Å². The van der Waals surface area contributed by atoms with Crippen LogP contribution in [0.25, 0.3) is 0 Å². The fourth-order valence-electron chi connectivity index (χ4n) is 5.35. The highest BCUT2D eigenvalue weighted by atomic mass is 16.2. The number of aromatic nitrogens is 2. The highest BCUT2D eigenvalue weighted by Gasteiger charge is 2.44. The lowest BCUT2D eigenvalue weighted by Crippen LogP contribution is -2.39. The average Bonchev–Trinajstić information content (AvgIpc) is 3.28. The van der Waals surface area contributed by atoms with Crippen LogP contribution in [0.3, 0.4) is 0 Å². The van der Waals surface area contributed by atoms with E-state index in [1.165, 1.54) is 32.2 Å². The minimum absolute atomic E-state index is 0.208. The van der Waals surface area contributed by atoms with Crippen molar-refractivity contribution in [3.63, 3.8) is 0 Å². The van der Waals surface area contributed by atoms with Crippen LogP contribution in [-0.2, 0) is 13.0 Å². The van der Waals surface area contributed by atoms with Crippen molar-refractivity contribution in [2.75, 3.05) is 19.6 Å². The van der Waals surface area contributed by atoms with Crippen molar-refractivity contribution in [2.24, 2.45) is 11.3 Å². The van der Waals surface area contributed by atoms with E-state index >= 15 is 0 Å². The molecule has 1 saturated heterocycles. The van der Waals surface area contributed by atoms with E-state index in [1.54, 1.807) is 6.20 Å². The predicted octanol–water partition coefficient (Wildman–Crippen LogP) is 1.96. The summed E-state index contributed by atoms with van der Waals surface area (Å²) in [5, 5.41) is 3.06. The summed E-state index contributed by atoms with van der Waals surface area (Å²) in [6, 6.07) is 0.209. The van der Waals surface area contributed by atoms with E-state index in [0.717, 1.165) is 63.5 Å². The van der Waals surface area contributed by atoms with E-state index < -0.39 is 0 Å². The second kappa shape index (κ2) is 6.73. The fourth-order valence-corrected chi connectivity index (χ4v) is 5.35. The van der Waals surface area contributed by atoms with E-state index in [0.29, 0.717) is 0 Å². The Morgan fingerprint density at radius 1 is 1.19 bits per heavy atom. The lowest BCUT2D eigenvalue weighted by atomic mass is 9.86. The normalized spacial score (nSPS) is 28.6. The second-order valence-electron chi connectivity index (χ2n) is 9.42. The van der Waals surface area contributed by atoms with E-state index in [9.17, 15) is 9.59 Å². The summed E-state index contributed by atoms with van der Waals surface area (Å²) < 4.78 is 2.08. The number of likely N-dealkylation sites (tertiary alicyclic amines) is 1. The molecule has 3 heterocycles. The quantitative estimate of drug-likeness (QED) is 0.880. The first kappa shape index (κ1) is 17.4. The molecule has 0 aromatic carbocycles. The number of hydrogen-bond donors (Lipinski definition) is 1. The molecule has 146 valence electrons. The highest BCUT2D eigenvalue weighted by Crippen LogP contribution is 2.41. The Kier molecular flexibility index (Phi) is 4.34. The lowest BCUT2D eigenvalue weighted by Gasteiger charge is -2.23. The average molecular weight is 370 g/mol. The van der Waals surface area contributed by atoms with Gasteiger partial charge in [0.15, 0.2) is 0 Å². The van der Waals surface area contributed by atoms with Gasteiger partial charge in [-0.2, -0.15) is 4.98 Å². The summed E-state index contributed by atoms with van der Waals surface area (Å²) in [6.07, 6.45) is 12.2. The molecular weight excluding hydrogens is 340 g/mol. The SMILES string of the molecule is O=C(NC1CCCCC1)c1cn2c(nc1=O)C[C@]1(CCN(CC3CC3)C1)C2. The number of carbonyl (C=O) groups is 1. The second-order valence-corrected chi connectivity index (χ2v) is 9.42. The predicted molar refractivity (Wildman–Crippen MR) is 103 cm³/mol. The molecular formula is C21H30N4O2. The van der Waals surface area contributed by atoms with Crippen molar-refractivity contribution in [2.45, 2.75) is 70.4 Å². The van der Waals surface area contributed by atoms with Gasteiger partial charge in [0.1, 0.15) is 11.4 Å². The molecule has 2 aliphatic carbocycles. The smallest absolute Gasteiger partial charge is 0.285 e. The number of amides is 1. The van der Waals surface area contributed by atoms with Gasteiger partial charge >= 0.3 is 0 Å². The number of nitrogens with zero attached hydrogens (tertiary/aromatic N) is 3. The molecule has 27 heavy (non-hydrogen) atoms. The molecule has 1 aromatic heterocycles. The highest BCUT2D eigenvalue weighted by molar-refractivity contribution is 5.93. The van der Waals surface area contributed by atoms with Crippen molar-refractivity contribution in [1.82, 2.24) is 19.8 Å². The molecule has 1 N–H and O–H groups in total. The first-order chi connectivity index (χ1) is 13.1. The summed E-state index contributed by atoms with van der Waals surface area (Å²) in [5.41, 5.74) is 0.0634. The van der Waals surface area contributed by atoms with Crippen molar-refractivity contribution in [3.05, 3.63) is 27.9 Å². The Labute approximate surface area is 160 Å². The molecule has 2 aliphatic heterocycles. The number of nitrogens with one attached hydrogen (secondary N) is 1. The topological polar surface area (TPSA) is 67.2 Å². The lowest BCUT2D eigenvalue weighted by molar-refractivity contribution is 0.0925. The zero-order valence-electron chi connectivity index (χ0n) is 16.1. The molecule has 4 aliphatic rings. The molecule has 1 spiro atoms. The van der Waals surface area contributed by atoms with Gasteiger partial charge in [-0.05, 0) is 44.6 Å². The molecule has 2 saturated carbocycles. The van der Waals surface area contributed by atoms with E-state index in [2.05, 4.69) is 19.8 Å². The number of rotatable bonds is 4. The van der Waals surface area contributed by atoms with Gasteiger partial charge in [0, 0.05) is 43.7 Å². The molecule has 6 nitrogen and oxygen atoms in total. The van der Waals surface area contributed by atoms with E-state index in [1.807, 2.05) is 0 Å². The van der Waals surface area contributed by atoms with Gasteiger partial charge in [0.05, 0.1) is 0 Å². The zero-order chi connectivity index (χ0) is 18.4. The first-order valence-electron chi connectivity index (χ1n) is 10.7. The third-order valence-corrected chi connectivity index (χ3v) is 7.03. The molecule has 1 atom stereocenters. The summed E-state index contributed by atoms with van der Waals surface area (Å²) >= 11 is 0. The van der Waals surface area contributed by atoms with Gasteiger partial charge in [-0.3, -0.25) is 9.59 Å². The Morgan fingerprint density at radius 3 is 2.78 bits per heavy atom. The van der Waals surface area contributed by atoms with Crippen molar-refractivity contribution in [1.29, 1.82) is 0 Å². The molecule has 5 rings (SSSR count). The van der Waals surface area contributed by atoms with Crippen LogP contribution < -0.4 is 10.9 Å². The molecule has 0 radical (unpaired) electrons. The molecule has 3 fully saturated rings. The minimum atomic E-state index is -0.362. The fraction of sp³-hybridized carbons (Fsp3) is 0.762. The van der Waals surface area contributed by atoms with Gasteiger partial charge in [-0.15, -0.1) is 0 Å².